The number of aryl methyl sites for hydroxylation is 1. The summed E-state index contributed by atoms with van der Waals surface area (Å²) in [6.07, 6.45) is 1.71. The summed E-state index contributed by atoms with van der Waals surface area (Å²) in [4.78, 5) is 11.9. The van der Waals surface area contributed by atoms with Gasteiger partial charge in [0.1, 0.15) is 5.52 Å². The molecule has 0 unspecified atom stereocenters. The number of nitrogens with one attached hydrogen (secondary N) is 1. The molecular formula is C11H15N3. The Bertz CT molecular complexity index is 463. The van der Waals surface area contributed by atoms with E-state index >= 15 is 0 Å². The highest BCUT2D eigenvalue weighted by atomic mass is 14.9. The molecule has 0 aliphatic heterocycles. The van der Waals surface area contributed by atoms with E-state index in [9.17, 15) is 0 Å². The molecule has 2 heterocycles. The molecule has 1 N–H and O–H groups in total. The van der Waals surface area contributed by atoms with Gasteiger partial charge in [0.25, 0.3) is 0 Å². The fraction of sp³-hybridized carbons (Fsp3) is 0.455. The SMILES string of the molecule is Cc1nc(C(C)(C)C)cc2[nH]cnc12. The summed E-state index contributed by atoms with van der Waals surface area (Å²) in [5.41, 5.74) is 4.23. The zero-order chi connectivity index (χ0) is 10.3. The first-order valence-corrected chi connectivity index (χ1v) is 4.80. The topological polar surface area (TPSA) is 41.6 Å². The van der Waals surface area contributed by atoms with E-state index in [1.165, 1.54) is 0 Å². The molecule has 0 fully saturated rings. The van der Waals surface area contributed by atoms with Crippen molar-refractivity contribution in [2.75, 3.05) is 0 Å². The summed E-state index contributed by atoms with van der Waals surface area (Å²) >= 11 is 0. The van der Waals surface area contributed by atoms with Crippen LogP contribution in [-0.2, 0) is 5.41 Å². The Labute approximate surface area is 83.6 Å². The second-order valence-electron chi connectivity index (χ2n) is 4.64. The van der Waals surface area contributed by atoms with Gasteiger partial charge in [-0.1, -0.05) is 20.8 Å². The van der Waals surface area contributed by atoms with Crippen LogP contribution < -0.4 is 0 Å². The van der Waals surface area contributed by atoms with Gasteiger partial charge in [0.05, 0.1) is 17.5 Å². The fourth-order valence-electron chi connectivity index (χ4n) is 1.49. The van der Waals surface area contributed by atoms with Crippen LogP contribution in [0.25, 0.3) is 11.0 Å². The first-order chi connectivity index (χ1) is 6.48. The maximum absolute atomic E-state index is 4.56. The lowest BCUT2D eigenvalue weighted by Gasteiger charge is -2.18. The van der Waals surface area contributed by atoms with Gasteiger partial charge in [0, 0.05) is 11.1 Å². The van der Waals surface area contributed by atoms with Crippen LogP contribution in [0, 0.1) is 6.92 Å². The summed E-state index contributed by atoms with van der Waals surface area (Å²) in [7, 11) is 0. The van der Waals surface area contributed by atoms with E-state index in [1.54, 1.807) is 6.33 Å². The third-order valence-corrected chi connectivity index (χ3v) is 2.35. The molecule has 0 saturated carbocycles. The molecule has 0 aliphatic rings. The van der Waals surface area contributed by atoms with Gasteiger partial charge in [-0.05, 0) is 13.0 Å². The lowest BCUT2D eigenvalue weighted by Crippen LogP contribution is -2.14. The van der Waals surface area contributed by atoms with E-state index in [2.05, 4.69) is 41.8 Å². The quantitative estimate of drug-likeness (QED) is 0.692. The number of nitrogens with zero attached hydrogens (tertiary/aromatic N) is 2. The van der Waals surface area contributed by atoms with Crippen LogP contribution >= 0.6 is 0 Å². The maximum atomic E-state index is 4.56. The monoisotopic (exact) mass is 189 g/mol. The number of aromatic amines is 1. The lowest BCUT2D eigenvalue weighted by molar-refractivity contribution is 0.568. The molecule has 0 spiro atoms. The minimum Gasteiger partial charge on any atom is -0.344 e. The van der Waals surface area contributed by atoms with Crippen molar-refractivity contribution >= 4 is 11.0 Å². The Kier molecular flexibility index (Phi) is 1.84. The van der Waals surface area contributed by atoms with Crippen molar-refractivity contribution in [2.45, 2.75) is 33.1 Å². The second kappa shape index (κ2) is 2.80. The predicted octanol–water partition coefficient (Wildman–Crippen LogP) is 2.56. The highest BCUT2D eigenvalue weighted by Crippen LogP contribution is 2.23. The van der Waals surface area contributed by atoms with E-state index in [1.807, 2.05) is 6.92 Å². The van der Waals surface area contributed by atoms with Crippen molar-refractivity contribution in [2.24, 2.45) is 0 Å². The van der Waals surface area contributed by atoms with Gasteiger partial charge in [-0.3, -0.25) is 4.98 Å². The molecule has 0 aromatic carbocycles. The maximum Gasteiger partial charge on any atom is 0.109 e. The third kappa shape index (κ3) is 1.39. The van der Waals surface area contributed by atoms with Crippen LogP contribution in [0.5, 0.6) is 0 Å². The highest BCUT2D eigenvalue weighted by Gasteiger charge is 2.17. The number of aromatic nitrogens is 3. The summed E-state index contributed by atoms with van der Waals surface area (Å²) in [5, 5.41) is 0. The van der Waals surface area contributed by atoms with Crippen molar-refractivity contribution < 1.29 is 0 Å². The molecule has 0 radical (unpaired) electrons. The van der Waals surface area contributed by atoms with Crippen molar-refractivity contribution in [3.8, 4) is 0 Å². The van der Waals surface area contributed by atoms with Crippen LogP contribution in [-0.4, -0.2) is 15.0 Å². The molecule has 0 bridgehead atoms. The van der Waals surface area contributed by atoms with Crippen molar-refractivity contribution in [1.29, 1.82) is 0 Å². The number of hydrogen-bond donors (Lipinski definition) is 1. The molecule has 74 valence electrons. The van der Waals surface area contributed by atoms with Crippen molar-refractivity contribution in [3.05, 3.63) is 23.8 Å². The molecule has 2 aromatic rings. The normalized spacial score (nSPS) is 12.3. The van der Waals surface area contributed by atoms with Crippen LogP contribution in [0.1, 0.15) is 32.2 Å². The largest absolute Gasteiger partial charge is 0.344 e. The van der Waals surface area contributed by atoms with Gasteiger partial charge in [0.2, 0.25) is 0 Å². The molecule has 0 amide bonds. The molecule has 0 saturated heterocycles. The summed E-state index contributed by atoms with van der Waals surface area (Å²) in [5.74, 6) is 0. The van der Waals surface area contributed by atoms with Gasteiger partial charge < -0.3 is 4.98 Å². The van der Waals surface area contributed by atoms with Gasteiger partial charge in [-0.2, -0.15) is 0 Å². The lowest BCUT2D eigenvalue weighted by atomic mass is 9.91. The second-order valence-corrected chi connectivity index (χ2v) is 4.64. The molecule has 0 aliphatic carbocycles. The van der Waals surface area contributed by atoms with Gasteiger partial charge in [-0.15, -0.1) is 0 Å². The highest BCUT2D eigenvalue weighted by molar-refractivity contribution is 5.77. The summed E-state index contributed by atoms with van der Waals surface area (Å²) in [6, 6.07) is 2.08. The van der Waals surface area contributed by atoms with E-state index < -0.39 is 0 Å². The van der Waals surface area contributed by atoms with E-state index in [0.717, 1.165) is 22.4 Å². The Morgan fingerprint density at radius 1 is 1.29 bits per heavy atom. The van der Waals surface area contributed by atoms with Gasteiger partial charge in [-0.25, -0.2) is 4.98 Å². The molecule has 3 nitrogen and oxygen atoms in total. The Morgan fingerprint density at radius 2 is 2.00 bits per heavy atom. The zero-order valence-electron chi connectivity index (χ0n) is 9.05. The first kappa shape index (κ1) is 9.19. The third-order valence-electron chi connectivity index (χ3n) is 2.35. The Hall–Kier alpha value is -1.38. The van der Waals surface area contributed by atoms with Crippen molar-refractivity contribution in [3.63, 3.8) is 0 Å². The number of hydrogen-bond acceptors (Lipinski definition) is 2. The fourth-order valence-corrected chi connectivity index (χ4v) is 1.49. The van der Waals surface area contributed by atoms with E-state index in [0.29, 0.717) is 0 Å². The summed E-state index contributed by atoms with van der Waals surface area (Å²) in [6.45, 7) is 8.49. The Morgan fingerprint density at radius 3 is 2.64 bits per heavy atom. The minimum atomic E-state index is 0.0874. The molecular weight excluding hydrogens is 174 g/mol. The molecule has 3 heteroatoms. The zero-order valence-corrected chi connectivity index (χ0v) is 9.05. The van der Waals surface area contributed by atoms with Gasteiger partial charge in [0.15, 0.2) is 0 Å². The Balaban J connectivity index is 2.70. The van der Waals surface area contributed by atoms with Crippen LogP contribution in [0.4, 0.5) is 0 Å². The van der Waals surface area contributed by atoms with Gasteiger partial charge >= 0.3 is 0 Å². The molecule has 2 aromatic heterocycles. The van der Waals surface area contributed by atoms with E-state index in [4.69, 9.17) is 0 Å². The number of imidazole rings is 1. The average Bonchev–Trinajstić information content (AvgIpc) is 2.50. The molecule has 2 rings (SSSR count). The number of rotatable bonds is 0. The smallest absolute Gasteiger partial charge is 0.109 e. The first-order valence-electron chi connectivity index (χ1n) is 4.80. The van der Waals surface area contributed by atoms with Crippen molar-refractivity contribution in [1.82, 2.24) is 15.0 Å². The van der Waals surface area contributed by atoms with E-state index in [-0.39, 0.29) is 5.41 Å². The predicted molar refractivity (Wildman–Crippen MR) is 57.3 cm³/mol. The van der Waals surface area contributed by atoms with Crippen LogP contribution in [0.15, 0.2) is 12.4 Å². The van der Waals surface area contributed by atoms with Crippen LogP contribution in [0.3, 0.4) is 0 Å². The average molecular weight is 189 g/mol. The number of pyridine rings is 1. The standard InChI is InChI=1S/C11H15N3/c1-7-10-8(12-6-13-10)5-9(14-7)11(2,3)4/h5-6H,1-4H3,(H,12,13). The summed E-state index contributed by atoms with van der Waals surface area (Å²) < 4.78 is 0. The number of H-pyrrole nitrogens is 1. The minimum absolute atomic E-state index is 0.0874. The molecule has 0 atom stereocenters. The van der Waals surface area contributed by atoms with Crippen LogP contribution in [0.2, 0.25) is 0 Å². The molecule has 14 heavy (non-hydrogen) atoms. The number of fused-ring (bicyclic) bond motifs is 1.